The lowest BCUT2D eigenvalue weighted by molar-refractivity contribution is -0.124. The molecular weight excluding hydrogens is 220 g/mol. The van der Waals surface area contributed by atoms with Crippen molar-refractivity contribution in [3.8, 4) is 0 Å². The van der Waals surface area contributed by atoms with Crippen molar-refractivity contribution < 1.29 is 9.53 Å². The number of fused-ring (bicyclic) bond motifs is 1. The minimum absolute atomic E-state index is 0.0880. The maximum Gasteiger partial charge on any atom is 0.253 e. The number of nitrogens with one attached hydrogen (secondary N) is 1. The normalized spacial score (nSPS) is 19.6. The van der Waals surface area contributed by atoms with E-state index in [-0.39, 0.29) is 12.0 Å². The molecule has 0 spiro atoms. The van der Waals surface area contributed by atoms with Gasteiger partial charge in [0.15, 0.2) is 5.65 Å². The molecule has 6 nitrogen and oxygen atoms in total. The Hall–Kier alpha value is -1.95. The smallest absolute Gasteiger partial charge is 0.253 e. The molecule has 0 bridgehead atoms. The third kappa shape index (κ3) is 1.99. The molecule has 6 heteroatoms. The van der Waals surface area contributed by atoms with Gasteiger partial charge in [-0.15, -0.1) is 10.2 Å². The van der Waals surface area contributed by atoms with Crippen molar-refractivity contribution in [3.63, 3.8) is 0 Å². The molecule has 2 aromatic rings. The molecular formula is C11H12N4O2. The number of anilines is 1. The zero-order chi connectivity index (χ0) is 11.7. The number of nitrogens with zero attached hydrogens (tertiary/aromatic N) is 3. The maximum atomic E-state index is 11.8. The highest BCUT2D eigenvalue weighted by molar-refractivity contribution is 5.94. The Morgan fingerprint density at radius 1 is 1.53 bits per heavy atom. The summed E-state index contributed by atoms with van der Waals surface area (Å²) in [5.41, 5.74) is 1.47. The monoisotopic (exact) mass is 232 g/mol. The van der Waals surface area contributed by atoms with Crippen molar-refractivity contribution in [1.29, 1.82) is 0 Å². The van der Waals surface area contributed by atoms with Crippen LogP contribution in [0.5, 0.6) is 0 Å². The zero-order valence-electron chi connectivity index (χ0n) is 9.17. The average molecular weight is 232 g/mol. The molecule has 1 saturated heterocycles. The molecule has 0 saturated carbocycles. The number of aromatic nitrogens is 3. The molecule has 17 heavy (non-hydrogen) atoms. The van der Waals surface area contributed by atoms with E-state index in [1.165, 1.54) is 0 Å². The van der Waals surface area contributed by atoms with Crippen LogP contribution in [-0.2, 0) is 9.53 Å². The summed E-state index contributed by atoms with van der Waals surface area (Å²) in [5, 5.41) is 10.5. The molecule has 1 aliphatic rings. The van der Waals surface area contributed by atoms with Crippen LogP contribution in [0.25, 0.3) is 5.65 Å². The first-order chi connectivity index (χ1) is 8.33. The molecule has 0 aromatic carbocycles. The second-order valence-corrected chi connectivity index (χ2v) is 4.01. The maximum absolute atomic E-state index is 11.8. The second kappa shape index (κ2) is 4.14. The fourth-order valence-corrected chi connectivity index (χ4v) is 1.91. The van der Waals surface area contributed by atoms with Gasteiger partial charge in [-0.25, -0.2) is 0 Å². The van der Waals surface area contributed by atoms with Gasteiger partial charge in [0.05, 0.1) is 5.69 Å². The summed E-state index contributed by atoms with van der Waals surface area (Å²) >= 11 is 0. The Morgan fingerprint density at radius 3 is 3.29 bits per heavy atom. The van der Waals surface area contributed by atoms with Gasteiger partial charge in [-0.1, -0.05) is 0 Å². The summed E-state index contributed by atoms with van der Waals surface area (Å²) in [4.78, 5) is 11.8. The molecule has 2 aromatic heterocycles. The van der Waals surface area contributed by atoms with Crippen molar-refractivity contribution in [2.45, 2.75) is 18.9 Å². The van der Waals surface area contributed by atoms with E-state index in [2.05, 4.69) is 15.5 Å². The molecule has 1 amide bonds. The van der Waals surface area contributed by atoms with Gasteiger partial charge >= 0.3 is 0 Å². The predicted octanol–water partition coefficient (Wildman–Crippen LogP) is 0.847. The van der Waals surface area contributed by atoms with Crippen LogP contribution in [0.4, 0.5) is 5.69 Å². The molecule has 1 fully saturated rings. The summed E-state index contributed by atoms with van der Waals surface area (Å²) in [5.74, 6) is -0.0880. The van der Waals surface area contributed by atoms with Crippen LogP contribution in [0.1, 0.15) is 12.8 Å². The van der Waals surface area contributed by atoms with Crippen molar-refractivity contribution >= 4 is 17.2 Å². The van der Waals surface area contributed by atoms with Crippen LogP contribution in [-0.4, -0.2) is 33.2 Å². The van der Waals surface area contributed by atoms with Crippen LogP contribution >= 0.6 is 0 Å². The van der Waals surface area contributed by atoms with Crippen LogP contribution < -0.4 is 5.32 Å². The van der Waals surface area contributed by atoms with Crippen molar-refractivity contribution in [3.05, 3.63) is 24.7 Å². The van der Waals surface area contributed by atoms with Crippen LogP contribution in [0.15, 0.2) is 24.7 Å². The standard InChI is InChI=1S/C11H12N4O2/c16-11(9-2-1-5-17-9)13-8-3-4-10-14-12-7-15(10)6-8/h3-4,6-7,9H,1-2,5H2,(H,13,16). The number of carbonyl (C=O) groups excluding carboxylic acids is 1. The van der Waals surface area contributed by atoms with Gasteiger partial charge in [0.1, 0.15) is 12.4 Å². The van der Waals surface area contributed by atoms with E-state index in [0.29, 0.717) is 6.61 Å². The number of hydrogen-bond donors (Lipinski definition) is 1. The third-order valence-corrected chi connectivity index (χ3v) is 2.78. The Bertz CT molecular complexity index is 545. The molecule has 88 valence electrons. The Kier molecular flexibility index (Phi) is 2.49. The summed E-state index contributed by atoms with van der Waals surface area (Å²) in [7, 11) is 0. The van der Waals surface area contributed by atoms with Gasteiger partial charge in [-0.05, 0) is 25.0 Å². The SMILES string of the molecule is O=C(Nc1ccc2nncn2c1)C1CCCO1. The first-order valence-corrected chi connectivity index (χ1v) is 5.55. The summed E-state index contributed by atoms with van der Waals surface area (Å²) in [6, 6.07) is 3.61. The quantitative estimate of drug-likeness (QED) is 0.833. The Balaban J connectivity index is 1.77. The van der Waals surface area contributed by atoms with Crippen molar-refractivity contribution in [1.82, 2.24) is 14.6 Å². The lowest BCUT2D eigenvalue weighted by Crippen LogP contribution is -2.26. The molecule has 1 atom stereocenters. The van der Waals surface area contributed by atoms with E-state index in [4.69, 9.17) is 4.74 Å². The van der Waals surface area contributed by atoms with Crippen molar-refractivity contribution in [2.75, 3.05) is 11.9 Å². The van der Waals surface area contributed by atoms with E-state index in [9.17, 15) is 4.79 Å². The summed E-state index contributed by atoms with van der Waals surface area (Å²) in [6.45, 7) is 0.669. The van der Waals surface area contributed by atoms with Gasteiger partial charge < -0.3 is 10.1 Å². The number of amides is 1. The largest absolute Gasteiger partial charge is 0.368 e. The van der Waals surface area contributed by atoms with Gasteiger partial charge in [0.2, 0.25) is 0 Å². The average Bonchev–Trinajstić information content (AvgIpc) is 2.99. The Morgan fingerprint density at radius 2 is 2.47 bits per heavy atom. The predicted molar refractivity (Wildman–Crippen MR) is 60.6 cm³/mol. The molecule has 1 unspecified atom stereocenters. The number of carbonyl (C=O) groups is 1. The highest BCUT2D eigenvalue weighted by Gasteiger charge is 2.23. The number of rotatable bonds is 2. The number of pyridine rings is 1. The van der Waals surface area contributed by atoms with E-state index in [0.717, 1.165) is 24.2 Å². The van der Waals surface area contributed by atoms with E-state index < -0.39 is 0 Å². The first kappa shape index (κ1) is 10.2. The van der Waals surface area contributed by atoms with E-state index in [1.807, 2.05) is 0 Å². The third-order valence-electron chi connectivity index (χ3n) is 2.78. The number of ether oxygens (including phenoxy) is 1. The number of hydrogen-bond acceptors (Lipinski definition) is 4. The molecule has 3 heterocycles. The summed E-state index contributed by atoms with van der Waals surface area (Å²) < 4.78 is 7.07. The van der Waals surface area contributed by atoms with E-state index in [1.54, 1.807) is 29.1 Å². The highest BCUT2D eigenvalue weighted by atomic mass is 16.5. The van der Waals surface area contributed by atoms with Gasteiger partial charge in [0, 0.05) is 12.8 Å². The van der Waals surface area contributed by atoms with Crippen molar-refractivity contribution in [2.24, 2.45) is 0 Å². The topological polar surface area (TPSA) is 68.5 Å². The molecule has 0 aliphatic carbocycles. The van der Waals surface area contributed by atoms with Gasteiger partial charge in [-0.3, -0.25) is 9.20 Å². The van der Waals surface area contributed by atoms with Crippen LogP contribution in [0, 0.1) is 0 Å². The molecule has 1 aliphatic heterocycles. The molecule has 1 N–H and O–H groups in total. The molecule has 3 rings (SSSR count). The highest BCUT2D eigenvalue weighted by Crippen LogP contribution is 2.15. The van der Waals surface area contributed by atoms with Gasteiger partial charge in [-0.2, -0.15) is 0 Å². The Labute approximate surface area is 97.6 Å². The fraction of sp³-hybridized carbons (Fsp3) is 0.364. The van der Waals surface area contributed by atoms with Gasteiger partial charge in [0.25, 0.3) is 5.91 Å². The lowest BCUT2D eigenvalue weighted by atomic mass is 10.2. The van der Waals surface area contributed by atoms with Crippen LogP contribution in [0.3, 0.4) is 0 Å². The first-order valence-electron chi connectivity index (χ1n) is 5.55. The molecule has 0 radical (unpaired) electrons. The fourth-order valence-electron chi connectivity index (χ4n) is 1.91. The van der Waals surface area contributed by atoms with E-state index >= 15 is 0 Å². The second-order valence-electron chi connectivity index (χ2n) is 4.01. The van der Waals surface area contributed by atoms with Crippen LogP contribution in [0.2, 0.25) is 0 Å². The summed E-state index contributed by atoms with van der Waals surface area (Å²) in [6.07, 6.45) is 4.80. The lowest BCUT2D eigenvalue weighted by Gasteiger charge is -2.10. The zero-order valence-corrected chi connectivity index (χ0v) is 9.17. The minimum atomic E-state index is -0.313. The minimum Gasteiger partial charge on any atom is -0.368 e.